The van der Waals surface area contributed by atoms with Crippen LogP contribution in [0, 0.1) is 11.8 Å². The molecule has 220 valence electrons. The number of fused-ring (bicyclic) bond motifs is 9. The van der Waals surface area contributed by atoms with Crippen molar-refractivity contribution in [3.05, 3.63) is 109 Å². The number of esters is 1. The van der Waals surface area contributed by atoms with Crippen molar-refractivity contribution in [1.29, 1.82) is 0 Å². The summed E-state index contributed by atoms with van der Waals surface area (Å²) in [6, 6.07) is 31.5. The minimum Gasteiger partial charge on any atom is -0.457 e. The molecule has 0 N–H and O–H groups in total. The van der Waals surface area contributed by atoms with Gasteiger partial charge in [-0.05, 0) is 60.3 Å². The van der Waals surface area contributed by atoms with Crippen molar-refractivity contribution in [3.8, 4) is 0 Å². The zero-order valence-corrected chi connectivity index (χ0v) is 26.9. The lowest BCUT2D eigenvalue weighted by atomic mass is 9.61. The van der Waals surface area contributed by atoms with Crippen molar-refractivity contribution >= 4 is 80.7 Å². The van der Waals surface area contributed by atoms with Crippen LogP contribution in [0.25, 0.3) is 40.3 Å². The second-order valence-corrected chi connectivity index (χ2v) is 16.4. The molecule has 0 spiro atoms. The first-order chi connectivity index (χ1) is 21.7. The minimum absolute atomic E-state index is 0.110. The van der Waals surface area contributed by atoms with Gasteiger partial charge in [0.2, 0.25) is 0 Å². The third-order valence-electron chi connectivity index (χ3n) is 10.7. The van der Waals surface area contributed by atoms with Crippen molar-refractivity contribution in [3.63, 3.8) is 0 Å². The summed E-state index contributed by atoms with van der Waals surface area (Å²) in [6.07, 6.45) is 7.37. The molecule has 0 amide bonds. The number of carbonyl (C=O) groups is 1. The molecular formula is C39H34O2S3. The maximum absolute atomic E-state index is 13.0. The minimum atomic E-state index is -0.289. The second-order valence-electron chi connectivity index (χ2n) is 12.9. The monoisotopic (exact) mass is 630 g/mol. The van der Waals surface area contributed by atoms with E-state index in [1.165, 1.54) is 83.2 Å². The number of thiophene rings is 2. The van der Waals surface area contributed by atoms with Gasteiger partial charge >= 0.3 is 5.97 Å². The van der Waals surface area contributed by atoms with E-state index in [2.05, 4.69) is 103 Å². The Morgan fingerprint density at radius 2 is 1.32 bits per heavy atom. The van der Waals surface area contributed by atoms with Gasteiger partial charge in [-0.25, -0.2) is 4.79 Å². The normalized spacial score (nSPS) is 28.3. The molecule has 0 radical (unpaired) electrons. The van der Waals surface area contributed by atoms with Crippen LogP contribution in [0.5, 0.6) is 0 Å². The fraction of sp³-hybridized carbons (Fsp3) is 0.308. The maximum atomic E-state index is 13.0. The highest BCUT2D eigenvalue weighted by Gasteiger charge is 2.57. The van der Waals surface area contributed by atoms with E-state index in [1.54, 1.807) is 0 Å². The van der Waals surface area contributed by atoms with Gasteiger partial charge in [-0.1, -0.05) is 92.2 Å². The maximum Gasteiger partial charge on any atom is 0.330 e. The molecule has 1 aliphatic heterocycles. The van der Waals surface area contributed by atoms with Gasteiger partial charge in [-0.3, -0.25) is 0 Å². The van der Waals surface area contributed by atoms with E-state index in [1.807, 2.05) is 22.7 Å². The van der Waals surface area contributed by atoms with E-state index in [9.17, 15) is 4.79 Å². The number of carbonyl (C=O) groups excluding carboxylic acids is 1. The Labute approximate surface area is 270 Å². The van der Waals surface area contributed by atoms with E-state index < -0.39 is 0 Å². The molecular weight excluding hydrogens is 597 g/mol. The number of benzene rings is 4. The Bertz CT molecular complexity index is 2070. The first kappa shape index (κ1) is 27.2. The van der Waals surface area contributed by atoms with Gasteiger partial charge in [0.05, 0.1) is 0 Å². The molecule has 3 fully saturated rings. The molecule has 2 aliphatic carbocycles. The lowest BCUT2D eigenvalue weighted by Crippen LogP contribution is -2.46. The number of ether oxygens (including phenoxy) is 1. The summed E-state index contributed by atoms with van der Waals surface area (Å²) in [6.45, 7) is 3.80. The van der Waals surface area contributed by atoms with Crippen LogP contribution in [0.4, 0.5) is 0 Å². The average molecular weight is 631 g/mol. The summed E-state index contributed by atoms with van der Waals surface area (Å²) in [5.74, 6) is 1.38. The fourth-order valence-corrected chi connectivity index (χ4v) is 13.7. The van der Waals surface area contributed by atoms with Crippen molar-refractivity contribution in [2.75, 3.05) is 0 Å². The topological polar surface area (TPSA) is 26.3 Å². The lowest BCUT2D eigenvalue weighted by molar-refractivity contribution is -0.146. The predicted molar refractivity (Wildman–Crippen MR) is 189 cm³/mol. The third kappa shape index (κ3) is 4.15. The van der Waals surface area contributed by atoms with Gasteiger partial charge in [0.25, 0.3) is 0 Å². The highest BCUT2D eigenvalue weighted by molar-refractivity contribution is 8.00. The fourth-order valence-electron chi connectivity index (χ4n) is 8.98. The quantitative estimate of drug-likeness (QED) is 0.143. The molecule has 2 aromatic heterocycles. The zero-order chi connectivity index (χ0) is 29.4. The molecule has 7 atom stereocenters. The Morgan fingerprint density at radius 1 is 0.727 bits per heavy atom. The Kier molecular flexibility index (Phi) is 6.65. The van der Waals surface area contributed by atoms with Gasteiger partial charge in [-0.2, -0.15) is 11.8 Å². The average Bonchev–Trinajstić information content (AvgIpc) is 3.76. The van der Waals surface area contributed by atoms with Gasteiger partial charge in [0.1, 0.15) is 6.10 Å². The van der Waals surface area contributed by atoms with Crippen LogP contribution in [0.2, 0.25) is 0 Å². The van der Waals surface area contributed by atoms with Crippen LogP contribution >= 0.6 is 34.4 Å². The number of rotatable bonds is 4. The predicted octanol–water partition coefficient (Wildman–Crippen LogP) is 11.1. The number of hydrogen-bond donors (Lipinski definition) is 0. The molecule has 7 unspecified atom stereocenters. The van der Waals surface area contributed by atoms with Crippen LogP contribution in [-0.4, -0.2) is 22.6 Å². The highest BCUT2D eigenvalue weighted by atomic mass is 32.2. The summed E-state index contributed by atoms with van der Waals surface area (Å²) < 4.78 is 12.0. The Hall–Kier alpha value is -3.12. The summed E-state index contributed by atoms with van der Waals surface area (Å²) in [4.78, 5) is 13.0. The van der Waals surface area contributed by atoms with Crippen molar-refractivity contribution in [1.82, 2.24) is 0 Å². The first-order valence-corrected chi connectivity index (χ1v) is 18.6. The van der Waals surface area contributed by atoms with E-state index >= 15 is 0 Å². The lowest BCUT2D eigenvalue weighted by Gasteiger charge is -2.46. The molecule has 3 aliphatic rings. The van der Waals surface area contributed by atoms with E-state index in [-0.39, 0.29) is 23.2 Å². The van der Waals surface area contributed by atoms with Crippen LogP contribution in [0.3, 0.4) is 0 Å². The smallest absolute Gasteiger partial charge is 0.330 e. The molecule has 2 nitrogen and oxygen atoms in total. The summed E-state index contributed by atoms with van der Waals surface area (Å²) in [7, 11) is 0. The second kappa shape index (κ2) is 10.8. The van der Waals surface area contributed by atoms with Crippen LogP contribution in [0.1, 0.15) is 55.1 Å². The molecule has 9 rings (SSSR count). The van der Waals surface area contributed by atoms with Crippen LogP contribution in [-0.2, 0) is 9.53 Å². The summed E-state index contributed by atoms with van der Waals surface area (Å²) in [5, 5.41) is 6.29. The third-order valence-corrected chi connectivity index (χ3v) is 15.0. The molecule has 2 saturated carbocycles. The van der Waals surface area contributed by atoms with Gasteiger partial charge in [0, 0.05) is 62.8 Å². The SMILES string of the molecule is C=CC(=O)OC1C(c2cccc3c2sc2ccccc23)CC(c2cccc3c2sc2ccccc23)C2C3CCCCC3SC12. The van der Waals surface area contributed by atoms with Crippen molar-refractivity contribution < 1.29 is 9.53 Å². The first-order valence-electron chi connectivity index (χ1n) is 16.0. The molecule has 44 heavy (non-hydrogen) atoms. The van der Waals surface area contributed by atoms with Crippen LogP contribution in [0.15, 0.2) is 97.6 Å². The molecule has 5 heteroatoms. The summed E-state index contributed by atoms with van der Waals surface area (Å²) >= 11 is 6.00. The molecule has 4 aromatic carbocycles. The molecule has 3 heterocycles. The van der Waals surface area contributed by atoms with Gasteiger partial charge < -0.3 is 4.74 Å². The van der Waals surface area contributed by atoms with Crippen molar-refractivity contribution in [2.45, 2.75) is 60.5 Å². The number of hydrogen-bond acceptors (Lipinski definition) is 5. The van der Waals surface area contributed by atoms with Gasteiger partial charge in [0.15, 0.2) is 0 Å². The van der Waals surface area contributed by atoms with Gasteiger partial charge in [-0.15, -0.1) is 22.7 Å². The highest BCUT2D eigenvalue weighted by Crippen LogP contribution is 2.63. The number of thioether (sulfide) groups is 1. The zero-order valence-electron chi connectivity index (χ0n) is 24.5. The Balaban J connectivity index is 1.26. The van der Waals surface area contributed by atoms with E-state index in [0.717, 1.165) is 6.42 Å². The van der Waals surface area contributed by atoms with Crippen molar-refractivity contribution in [2.24, 2.45) is 11.8 Å². The summed E-state index contributed by atoms with van der Waals surface area (Å²) in [5.41, 5.74) is 2.85. The van der Waals surface area contributed by atoms with E-state index in [0.29, 0.717) is 23.0 Å². The van der Waals surface area contributed by atoms with E-state index in [4.69, 9.17) is 4.74 Å². The molecule has 1 saturated heterocycles. The standard InChI is InChI=1S/C39H34O2S3/c1-2-34(40)41-36-30(27-17-10-15-25-23-12-4-7-19-32(23)43-38(25)27)21-29(35-28-13-5-8-20-33(28)44-39(35)36)26-16-9-14-24-22-11-3-6-18-31(22)42-37(24)26/h2-4,6-7,9-12,14-19,28-30,33,35-36,39H,1,5,8,13,20-21H2. The van der Waals surface area contributed by atoms with Crippen LogP contribution < -0.4 is 0 Å². The largest absolute Gasteiger partial charge is 0.457 e. The molecule has 6 aromatic rings. The molecule has 0 bridgehead atoms. The Morgan fingerprint density at radius 3 is 1.98 bits per heavy atom.